The highest BCUT2D eigenvalue weighted by atomic mass is 35.5. The van der Waals surface area contributed by atoms with Gasteiger partial charge in [-0.05, 0) is 49.2 Å². The van der Waals surface area contributed by atoms with Gasteiger partial charge in [-0.25, -0.2) is 9.07 Å². The molecule has 0 unspecified atom stereocenters. The molecule has 0 saturated carbocycles. The largest absolute Gasteiger partial charge is 0.382 e. The number of nitrogens with two attached hydrogens (primary N) is 1. The highest BCUT2D eigenvalue weighted by Crippen LogP contribution is 2.25. The minimum atomic E-state index is -0.363. The minimum absolute atomic E-state index is 0.0421. The summed E-state index contributed by atoms with van der Waals surface area (Å²) in [6.45, 7) is 0.471. The number of amides is 1. The van der Waals surface area contributed by atoms with Crippen molar-refractivity contribution in [2.45, 2.75) is 18.6 Å². The van der Waals surface area contributed by atoms with Crippen molar-refractivity contribution in [2.24, 2.45) is 0 Å². The second-order valence-corrected chi connectivity index (χ2v) is 9.14. The molecular weight excluding hydrogens is 445 g/mol. The predicted molar refractivity (Wildman–Crippen MR) is 119 cm³/mol. The maximum Gasteiger partial charge on any atom is 0.230 e. The Hall–Kier alpha value is -2.54. The SMILES string of the molecule is N#Cc1c(CCCNC(=O)CSCc2ccc(Cl)s2)nn(-c2ccc(F)cc2)c1N. The Balaban J connectivity index is 1.47. The van der Waals surface area contributed by atoms with E-state index in [2.05, 4.69) is 16.5 Å². The third kappa shape index (κ3) is 5.75. The van der Waals surface area contributed by atoms with Crippen molar-refractivity contribution < 1.29 is 9.18 Å². The quantitative estimate of drug-likeness (QED) is 0.464. The van der Waals surface area contributed by atoms with Crippen LogP contribution in [0.5, 0.6) is 0 Å². The highest BCUT2D eigenvalue weighted by molar-refractivity contribution is 7.99. The summed E-state index contributed by atoms with van der Waals surface area (Å²) in [7, 11) is 0. The van der Waals surface area contributed by atoms with Crippen LogP contribution in [0.15, 0.2) is 36.4 Å². The fourth-order valence-corrected chi connectivity index (χ4v) is 4.82. The van der Waals surface area contributed by atoms with Crippen molar-refractivity contribution in [2.75, 3.05) is 18.0 Å². The van der Waals surface area contributed by atoms with Crippen LogP contribution in [0.1, 0.15) is 22.6 Å². The molecule has 3 N–H and O–H groups in total. The van der Waals surface area contributed by atoms with E-state index in [9.17, 15) is 14.4 Å². The molecule has 156 valence electrons. The van der Waals surface area contributed by atoms with E-state index >= 15 is 0 Å². The lowest BCUT2D eigenvalue weighted by atomic mass is 10.1. The number of nitrogens with zero attached hydrogens (tertiary/aromatic N) is 3. The van der Waals surface area contributed by atoms with E-state index in [-0.39, 0.29) is 17.5 Å². The molecule has 10 heteroatoms. The molecule has 0 bridgehead atoms. The van der Waals surface area contributed by atoms with Crippen molar-refractivity contribution >= 4 is 46.4 Å². The number of aryl methyl sites for hydroxylation is 1. The lowest BCUT2D eigenvalue weighted by Crippen LogP contribution is -2.26. The number of thioether (sulfide) groups is 1. The van der Waals surface area contributed by atoms with Gasteiger partial charge in [-0.15, -0.1) is 23.1 Å². The number of nitrogen functional groups attached to an aromatic ring is 1. The van der Waals surface area contributed by atoms with Crippen LogP contribution in [0.3, 0.4) is 0 Å². The topological polar surface area (TPSA) is 96.7 Å². The first-order valence-corrected chi connectivity index (χ1v) is 11.4. The zero-order valence-corrected chi connectivity index (χ0v) is 18.3. The number of carbonyl (C=O) groups is 1. The monoisotopic (exact) mass is 463 g/mol. The van der Waals surface area contributed by atoms with Gasteiger partial charge in [-0.1, -0.05) is 11.6 Å². The summed E-state index contributed by atoms with van der Waals surface area (Å²) >= 11 is 8.93. The second-order valence-electron chi connectivity index (χ2n) is 6.36. The zero-order chi connectivity index (χ0) is 21.5. The third-order valence-corrected chi connectivity index (χ3v) is 6.59. The van der Waals surface area contributed by atoms with Crippen LogP contribution >= 0.6 is 34.7 Å². The fourth-order valence-electron chi connectivity index (χ4n) is 2.76. The summed E-state index contributed by atoms with van der Waals surface area (Å²) in [5, 5.41) is 16.7. The molecule has 30 heavy (non-hydrogen) atoms. The van der Waals surface area contributed by atoms with Gasteiger partial charge in [0, 0.05) is 17.2 Å². The molecule has 0 spiro atoms. The second kappa shape index (κ2) is 10.5. The number of halogens is 2. The lowest BCUT2D eigenvalue weighted by molar-refractivity contribution is -0.118. The van der Waals surface area contributed by atoms with Gasteiger partial charge in [0.05, 0.1) is 21.5 Å². The molecule has 6 nitrogen and oxygen atoms in total. The van der Waals surface area contributed by atoms with Gasteiger partial charge in [0.1, 0.15) is 23.3 Å². The summed E-state index contributed by atoms with van der Waals surface area (Å²) in [6.07, 6.45) is 1.11. The number of hydrogen-bond donors (Lipinski definition) is 2. The first kappa shape index (κ1) is 22.2. The number of carbonyl (C=O) groups excluding carboxylic acids is 1. The van der Waals surface area contributed by atoms with Gasteiger partial charge >= 0.3 is 0 Å². The average molecular weight is 464 g/mol. The number of hydrogen-bond acceptors (Lipinski definition) is 6. The number of anilines is 1. The van der Waals surface area contributed by atoms with E-state index in [1.165, 1.54) is 39.9 Å². The van der Waals surface area contributed by atoms with Crippen molar-refractivity contribution in [3.05, 3.63) is 62.7 Å². The standard InChI is InChI=1S/C20H19ClFN5OS2/c21-18-8-7-15(30-18)11-29-12-19(28)25-9-1-2-17-16(10-23)20(24)27(26-17)14-5-3-13(22)4-6-14/h3-8H,1-2,9,11-12,24H2,(H,25,28). The Morgan fingerprint density at radius 3 is 2.77 bits per heavy atom. The number of nitrogens with one attached hydrogen (secondary N) is 1. The molecule has 0 saturated heterocycles. The van der Waals surface area contributed by atoms with E-state index in [1.807, 2.05) is 12.1 Å². The predicted octanol–water partition coefficient (Wildman–Crippen LogP) is 4.16. The van der Waals surface area contributed by atoms with E-state index in [1.54, 1.807) is 12.1 Å². The van der Waals surface area contributed by atoms with Crippen molar-refractivity contribution in [3.8, 4) is 11.8 Å². The molecule has 0 aliphatic carbocycles. The van der Waals surface area contributed by atoms with Crippen molar-refractivity contribution in [1.82, 2.24) is 15.1 Å². The number of aromatic nitrogens is 2. The molecule has 0 aliphatic rings. The van der Waals surface area contributed by atoms with Crippen LogP contribution in [-0.4, -0.2) is 28.0 Å². The van der Waals surface area contributed by atoms with Gasteiger partial charge < -0.3 is 11.1 Å². The van der Waals surface area contributed by atoms with E-state index in [0.29, 0.717) is 42.1 Å². The molecule has 2 heterocycles. The Labute approximate surface area is 186 Å². The lowest BCUT2D eigenvalue weighted by Gasteiger charge is -2.04. The van der Waals surface area contributed by atoms with Crippen LogP contribution in [0.4, 0.5) is 10.2 Å². The van der Waals surface area contributed by atoms with E-state index < -0.39 is 0 Å². The summed E-state index contributed by atoms with van der Waals surface area (Å²) < 4.78 is 15.3. The first-order valence-electron chi connectivity index (χ1n) is 9.10. The van der Waals surface area contributed by atoms with Crippen LogP contribution in [0.25, 0.3) is 5.69 Å². The number of benzene rings is 1. The molecule has 0 atom stereocenters. The summed E-state index contributed by atoms with van der Waals surface area (Å²) in [5.74, 6) is 0.924. The molecule has 0 radical (unpaired) electrons. The van der Waals surface area contributed by atoms with Crippen LogP contribution in [0, 0.1) is 17.1 Å². The van der Waals surface area contributed by atoms with Gasteiger partial charge in [-0.3, -0.25) is 4.79 Å². The maximum atomic E-state index is 13.1. The average Bonchev–Trinajstić information content (AvgIpc) is 3.28. The maximum absolute atomic E-state index is 13.1. The van der Waals surface area contributed by atoms with Crippen LogP contribution < -0.4 is 11.1 Å². The normalized spacial score (nSPS) is 10.7. The van der Waals surface area contributed by atoms with Crippen molar-refractivity contribution in [1.29, 1.82) is 5.26 Å². The molecule has 2 aromatic heterocycles. The molecule has 3 rings (SSSR count). The molecule has 1 amide bonds. The van der Waals surface area contributed by atoms with Crippen LogP contribution in [-0.2, 0) is 17.0 Å². The summed E-state index contributed by atoms with van der Waals surface area (Å²) in [5.41, 5.74) is 7.48. The highest BCUT2D eigenvalue weighted by Gasteiger charge is 2.16. The number of nitriles is 1. The third-order valence-electron chi connectivity index (χ3n) is 4.20. The molecular formula is C20H19ClFN5OS2. The first-order chi connectivity index (χ1) is 14.5. The number of rotatable bonds is 9. The molecule has 3 aromatic rings. The summed E-state index contributed by atoms with van der Waals surface area (Å²) in [4.78, 5) is 13.1. The Morgan fingerprint density at radius 1 is 1.33 bits per heavy atom. The zero-order valence-electron chi connectivity index (χ0n) is 15.9. The van der Waals surface area contributed by atoms with Gasteiger partial charge in [0.2, 0.25) is 5.91 Å². The Kier molecular flexibility index (Phi) is 7.74. The van der Waals surface area contributed by atoms with Gasteiger partial charge in [0.25, 0.3) is 0 Å². The summed E-state index contributed by atoms with van der Waals surface area (Å²) in [6, 6.07) is 11.6. The van der Waals surface area contributed by atoms with E-state index in [4.69, 9.17) is 17.3 Å². The van der Waals surface area contributed by atoms with Crippen molar-refractivity contribution in [3.63, 3.8) is 0 Å². The minimum Gasteiger partial charge on any atom is -0.382 e. The van der Waals surface area contributed by atoms with Gasteiger partial charge in [-0.2, -0.15) is 10.4 Å². The van der Waals surface area contributed by atoms with Crippen LogP contribution in [0.2, 0.25) is 4.34 Å². The van der Waals surface area contributed by atoms with E-state index in [0.717, 1.165) is 15.0 Å². The molecule has 1 aromatic carbocycles. The Morgan fingerprint density at radius 2 is 2.10 bits per heavy atom. The fraction of sp³-hybridized carbons (Fsp3) is 0.250. The number of thiophene rings is 1. The smallest absolute Gasteiger partial charge is 0.230 e. The Bertz CT molecular complexity index is 1060. The molecule has 0 fully saturated rings. The molecule has 0 aliphatic heterocycles. The van der Waals surface area contributed by atoms with Gasteiger partial charge in [0.15, 0.2) is 0 Å².